The SMILES string of the molecule is COc1cnc2ccc(=O)n(CCN3CCC(NCc4cnc(C)c(C#N)c4)CC3)c2c1. The minimum absolute atomic E-state index is 0.0208. The van der Waals surface area contributed by atoms with E-state index in [9.17, 15) is 10.1 Å². The topological polar surface area (TPSA) is 96.1 Å². The molecule has 1 aliphatic rings. The molecule has 4 heterocycles. The highest BCUT2D eigenvalue weighted by atomic mass is 16.5. The van der Waals surface area contributed by atoms with Crippen molar-refractivity contribution < 1.29 is 4.74 Å². The van der Waals surface area contributed by atoms with Crippen molar-refractivity contribution in [2.24, 2.45) is 0 Å². The van der Waals surface area contributed by atoms with Gasteiger partial charge in [-0.2, -0.15) is 5.26 Å². The third kappa shape index (κ3) is 4.96. The van der Waals surface area contributed by atoms with E-state index in [-0.39, 0.29) is 5.56 Å². The first kappa shape index (κ1) is 21.9. The van der Waals surface area contributed by atoms with Crippen molar-refractivity contribution >= 4 is 11.0 Å². The van der Waals surface area contributed by atoms with Crippen LogP contribution in [0, 0.1) is 18.3 Å². The van der Waals surface area contributed by atoms with Crippen LogP contribution in [0.3, 0.4) is 0 Å². The minimum atomic E-state index is -0.0208. The maximum absolute atomic E-state index is 12.5. The number of nitrogens with one attached hydrogen (secondary N) is 1. The molecule has 0 bridgehead atoms. The second kappa shape index (κ2) is 9.90. The molecule has 1 N–H and O–H groups in total. The predicted octanol–water partition coefficient (Wildman–Crippen LogP) is 2.23. The molecule has 0 aromatic carbocycles. The average molecular weight is 433 g/mol. The van der Waals surface area contributed by atoms with E-state index in [1.165, 1.54) is 0 Å². The molecule has 8 nitrogen and oxygen atoms in total. The molecule has 3 aromatic rings. The molecule has 1 saturated heterocycles. The third-order valence-corrected chi connectivity index (χ3v) is 6.13. The Kier molecular flexibility index (Phi) is 6.78. The van der Waals surface area contributed by atoms with Crippen LogP contribution in [0.25, 0.3) is 11.0 Å². The number of pyridine rings is 3. The van der Waals surface area contributed by atoms with Gasteiger partial charge >= 0.3 is 0 Å². The number of hydrogen-bond acceptors (Lipinski definition) is 7. The lowest BCUT2D eigenvalue weighted by Gasteiger charge is -2.32. The highest BCUT2D eigenvalue weighted by molar-refractivity contribution is 5.75. The first-order valence-electron chi connectivity index (χ1n) is 10.9. The average Bonchev–Trinajstić information content (AvgIpc) is 2.83. The molecule has 166 valence electrons. The summed E-state index contributed by atoms with van der Waals surface area (Å²) in [6.07, 6.45) is 5.60. The van der Waals surface area contributed by atoms with E-state index in [1.54, 1.807) is 30.0 Å². The Bertz CT molecular complexity index is 1190. The number of likely N-dealkylation sites (tertiary alicyclic amines) is 1. The normalized spacial score (nSPS) is 15.0. The second-order valence-electron chi connectivity index (χ2n) is 8.19. The maximum Gasteiger partial charge on any atom is 0.251 e. The van der Waals surface area contributed by atoms with Crippen molar-refractivity contribution in [1.82, 2.24) is 24.8 Å². The number of aromatic nitrogens is 3. The number of hydrogen-bond donors (Lipinski definition) is 1. The van der Waals surface area contributed by atoms with Gasteiger partial charge in [-0.3, -0.25) is 14.8 Å². The quantitative estimate of drug-likeness (QED) is 0.612. The standard InChI is InChI=1S/C24H28N6O2/c1-17-19(13-25)11-18(14-26-17)15-27-20-5-7-29(8-6-20)9-10-30-23-12-21(32-2)16-28-22(23)3-4-24(30)31/h3-4,11-12,14,16,20,27H,5-10,15H2,1-2H3. The summed E-state index contributed by atoms with van der Waals surface area (Å²) in [4.78, 5) is 23.6. The van der Waals surface area contributed by atoms with E-state index in [0.717, 1.165) is 54.8 Å². The van der Waals surface area contributed by atoms with Gasteiger partial charge in [0, 0.05) is 44.0 Å². The lowest BCUT2D eigenvalue weighted by molar-refractivity contribution is 0.191. The van der Waals surface area contributed by atoms with E-state index in [1.807, 2.05) is 25.3 Å². The summed E-state index contributed by atoms with van der Waals surface area (Å²) in [5, 5.41) is 12.8. The smallest absolute Gasteiger partial charge is 0.251 e. The molecule has 3 aromatic heterocycles. The Balaban J connectivity index is 1.31. The maximum atomic E-state index is 12.5. The summed E-state index contributed by atoms with van der Waals surface area (Å²) in [5.41, 5.74) is 4.01. The van der Waals surface area contributed by atoms with Gasteiger partial charge in [-0.15, -0.1) is 0 Å². The Labute approximate surface area is 187 Å². The van der Waals surface area contributed by atoms with Crippen molar-refractivity contribution in [3.8, 4) is 11.8 Å². The second-order valence-corrected chi connectivity index (χ2v) is 8.19. The minimum Gasteiger partial charge on any atom is -0.495 e. The molecule has 0 atom stereocenters. The van der Waals surface area contributed by atoms with Crippen molar-refractivity contribution in [3.05, 3.63) is 63.8 Å². The molecular formula is C24H28N6O2. The fourth-order valence-corrected chi connectivity index (χ4v) is 4.14. The van der Waals surface area contributed by atoms with Crippen LogP contribution < -0.4 is 15.6 Å². The van der Waals surface area contributed by atoms with Gasteiger partial charge in [-0.1, -0.05) is 0 Å². The summed E-state index contributed by atoms with van der Waals surface area (Å²) in [7, 11) is 1.60. The van der Waals surface area contributed by atoms with Crippen LogP contribution >= 0.6 is 0 Å². The molecule has 0 radical (unpaired) electrons. The fourth-order valence-electron chi connectivity index (χ4n) is 4.14. The first-order valence-corrected chi connectivity index (χ1v) is 10.9. The Morgan fingerprint density at radius 3 is 2.75 bits per heavy atom. The zero-order valence-corrected chi connectivity index (χ0v) is 18.5. The predicted molar refractivity (Wildman–Crippen MR) is 123 cm³/mol. The lowest BCUT2D eigenvalue weighted by Crippen LogP contribution is -2.43. The van der Waals surface area contributed by atoms with Gasteiger partial charge in [0.2, 0.25) is 0 Å². The molecule has 1 fully saturated rings. The number of piperidine rings is 1. The van der Waals surface area contributed by atoms with Crippen LogP contribution in [-0.4, -0.2) is 52.2 Å². The fraction of sp³-hybridized carbons (Fsp3) is 0.417. The number of methoxy groups -OCH3 is 1. The third-order valence-electron chi connectivity index (χ3n) is 6.13. The van der Waals surface area contributed by atoms with Gasteiger partial charge in [0.15, 0.2) is 0 Å². The van der Waals surface area contributed by atoms with Crippen molar-refractivity contribution in [1.29, 1.82) is 5.26 Å². The van der Waals surface area contributed by atoms with Gasteiger partial charge in [0.05, 0.1) is 35.6 Å². The lowest BCUT2D eigenvalue weighted by atomic mass is 10.0. The number of nitriles is 1. The summed E-state index contributed by atoms with van der Waals surface area (Å²) >= 11 is 0. The summed E-state index contributed by atoms with van der Waals surface area (Å²) < 4.78 is 7.07. The Morgan fingerprint density at radius 2 is 2.00 bits per heavy atom. The number of rotatable bonds is 7. The van der Waals surface area contributed by atoms with Crippen LogP contribution in [0.5, 0.6) is 5.75 Å². The number of aryl methyl sites for hydroxylation is 1. The number of nitrogens with zero attached hydrogens (tertiary/aromatic N) is 5. The summed E-state index contributed by atoms with van der Waals surface area (Å²) in [6.45, 7) is 5.96. The molecule has 0 amide bonds. The zero-order chi connectivity index (χ0) is 22.5. The first-order chi connectivity index (χ1) is 15.6. The molecule has 0 aliphatic carbocycles. The largest absolute Gasteiger partial charge is 0.495 e. The van der Waals surface area contributed by atoms with Crippen molar-refractivity contribution in [2.75, 3.05) is 26.7 Å². The number of ether oxygens (including phenoxy) is 1. The van der Waals surface area contributed by atoms with Crippen molar-refractivity contribution in [3.63, 3.8) is 0 Å². The van der Waals surface area contributed by atoms with Gasteiger partial charge < -0.3 is 19.5 Å². The molecule has 8 heteroatoms. The van der Waals surface area contributed by atoms with Crippen molar-refractivity contribution in [2.45, 2.75) is 38.9 Å². The molecule has 0 saturated carbocycles. The van der Waals surface area contributed by atoms with Crippen LogP contribution in [0.4, 0.5) is 0 Å². The molecule has 1 aliphatic heterocycles. The summed E-state index contributed by atoms with van der Waals surface area (Å²) in [5.74, 6) is 0.648. The molecule has 0 spiro atoms. The van der Waals surface area contributed by atoms with E-state index in [4.69, 9.17) is 4.74 Å². The van der Waals surface area contributed by atoms with Gasteiger partial charge in [0.1, 0.15) is 11.8 Å². The van der Waals surface area contributed by atoms with E-state index < -0.39 is 0 Å². The van der Waals surface area contributed by atoms with Crippen LogP contribution in [0.1, 0.15) is 29.7 Å². The summed E-state index contributed by atoms with van der Waals surface area (Å²) in [6, 6.07) is 9.76. The van der Waals surface area contributed by atoms with Crippen LogP contribution in [0.2, 0.25) is 0 Å². The monoisotopic (exact) mass is 432 g/mol. The molecule has 4 rings (SSSR count). The van der Waals surface area contributed by atoms with Gasteiger partial charge in [0.25, 0.3) is 5.56 Å². The van der Waals surface area contributed by atoms with E-state index in [2.05, 4.69) is 26.3 Å². The molecule has 0 unspecified atom stereocenters. The highest BCUT2D eigenvalue weighted by Crippen LogP contribution is 2.17. The Morgan fingerprint density at radius 1 is 1.19 bits per heavy atom. The number of fused-ring (bicyclic) bond motifs is 1. The highest BCUT2D eigenvalue weighted by Gasteiger charge is 2.19. The Hall–Kier alpha value is -3.28. The molecule has 32 heavy (non-hydrogen) atoms. The molecular weight excluding hydrogens is 404 g/mol. The zero-order valence-electron chi connectivity index (χ0n) is 18.5. The van der Waals surface area contributed by atoms with Crippen LogP contribution in [-0.2, 0) is 13.1 Å². The van der Waals surface area contributed by atoms with E-state index in [0.29, 0.717) is 30.4 Å². The van der Waals surface area contributed by atoms with Crippen LogP contribution in [0.15, 0.2) is 41.5 Å². The van der Waals surface area contributed by atoms with Gasteiger partial charge in [-0.25, -0.2) is 0 Å². The van der Waals surface area contributed by atoms with E-state index >= 15 is 0 Å². The van der Waals surface area contributed by atoms with Gasteiger partial charge in [-0.05, 0) is 50.6 Å².